The van der Waals surface area contributed by atoms with Gasteiger partial charge in [0.05, 0.1) is 12.1 Å². The van der Waals surface area contributed by atoms with Crippen molar-refractivity contribution in [3.05, 3.63) is 160 Å². The molecule has 0 saturated carbocycles. The molecule has 52 heavy (non-hydrogen) atoms. The molecule has 6 rings (SSSR count). The highest BCUT2D eigenvalue weighted by molar-refractivity contribution is 5.88. The molecule has 7 nitrogen and oxygen atoms in total. The fourth-order valence-corrected chi connectivity index (χ4v) is 6.08. The highest BCUT2D eigenvalue weighted by atomic mass is 16.5. The maximum Gasteiger partial charge on any atom is 0.341 e. The molecule has 270 valence electrons. The van der Waals surface area contributed by atoms with E-state index in [1.165, 1.54) is 11.1 Å². The maximum absolute atomic E-state index is 10.9. The largest absolute Gasteiger partial charge is 0.489 e. The summed E-state index contributed by atoms with van der Waals surface area (Å²) in [6.07, 6.45) is 0. The molecule has 0 bridgehead atoms. The third-order valence-corrected chi connectivity index (χ3v) is 8.85. The van der Waals surface area contributed by atoms with Gasteiger partial charge in [0.15, 0.2) is 6.61 Å². The van der Waals surface area contributed by atoms with Gasteiger partial charge in [-0.15, -0.1) is 0 Å². The van der Waals surface area contributed by atoms with Gasteiger partial charge >= 0.3 is 5.97 Å². The van der Waals surface area contributed by atoms with Crippen molar-refractivity contribution in [3.8, 4) is 17.2 Å². The number of aliphatic carboxylic acids is 1. The first-order chi connectivity index (χ1) is 25.1. The van der Waals surface area contributed by atoms with Crippen molar-refractivity contribution in [3.63, 3.8) is 0 Å². The lowest BCUT2D eigenvalue weighted by molar-refractivity contribution is -0.139. The van der Waals surface area contributed by atoms with Crippen LogP contribution in [-0.4, -0.2) is 27.4 Å². The van der Waals surface area contributed by atoms with Crippen LogP contribution in [0.25, 0.3) is 10.9 Å². The predicted molar refractivity (Wildman–Crippen MR) is 207 cm³/mol. The zero-order chi connectivity index (χ0) is 37.0. The topological polar surface area (TPSA) is 90.1 Å². The Morgan fingerprint density at radius 1 is 0.615 bits per heavy atom. The van der Waals surface area contributed by atoms with Crippen LogP contribution in [0.15, 0.2) is 121 Å². The van der Waals surface area contributed by atoms with Crippen LogP contribution in [0.3, 0.4) is 0 Å². The lowest BCUT2D eigenvalue weighted by Gasteiger charge is -2.17. The van der Waals surface area contributed by atoms with E-state index in [1.54, 1.807) is 0 Å². The molecule has 7 heteroatoms. The monoisotopic (exact) mass is 699 g/mol. The van der Waals surface area contributed by atoms with Crippen molar-refractivity contribution in [2.75, 3.05) is 6.61 Å². The van der Waals surface area contributed by atoms with E-state index in [1.807, 2.05) is 78.9 Å². The molecule has 2 N–H and O–H groups in total. The second kappa shape index (κ2) is 18.1. The van der Waals surface area contributed by atoms with Crippen LogP contribution in [0, 0.1) is 6.92 Å². The first-order valence-corrected chi connectivity index (χ1v) is 17.8. The maximum atomic E-state index is 10.9. The van der Waals surface area contributed by atoms with Crippen LogP contribution in [-0.2, 0) is 31.2 Å². The molecule has 0 saturated heterocycles. The van der Waals surface area contributed by atoms with E-state index in [2.05, 4.69) is 81.7 Å². The van der Waals surface area contributed by atoms with Gasteiger partial charge in [-0.1, -0.05) is 113 Å². The molecule has 5 aromatic carbocycles. The molecular formula is C45H49NO6. The number of carboxylic acids is 1. The molecule has 6 aromatic rings. The Morgan fingerprint density at radius 3 is 1.67 bits per heavy atom. The second-order valence-electron chi connectivity index (χ2n) is 13.5. The van der Waals surface area contributed by atoms with Gasteiger partial charge in [0.2, 0.25) is 0 Å². The van der Waals surface area contributed by atoms with E-state index in [0.29, 0.717) is 37.3 Å². The number of nitrogens with zero attached hydrogens (tertiary/aromatic N) is 1. The molecule has 0 amide bonds. The standard InChI is InChI=1S/C28H29NO4.C17H20O2/c1-19(2)23-15-22(12-13-27(23)32-17-21-8-5-4-6-9-21)16-29-20(3)14-24-25(29)10-7-11-26(24)33-18-28(30)31;1-13(2)16-10-15(11-18)8-9-17(16)19-12-14-6-4-3-5-7-14/h4-15,19H,16-18H2,1-3H3,(H,30,31);3-10,13,18H,11-12H2,1-2H3. The highest BCUT2D eigenvalue weighted by Crippen LogP contribution is 2.32. The van der Waals surface area contributed by atoms with Crippen molar-refractivity contribution in [1.82, 2.24) is 4.57 Å². The number of hydrogen-bond donors (Lipinski definition) is 2. The lowest BCUT2D eigenvalue weighted by atomic mass is 9.99. The van der Waals surface area contributed by atoms with E-state index in [0.717, 1.165) is 50.3 Å². The molecule has 0 atom stereocenters. The molecule has 0 unspecified atom stereocenters. The number of carbonyl (C=O) groups is 1. The number of aliphatic hydroxyl groups is 1. The number of aliphatic hydroxyl groups excluding tert-OH is 1. The molecular weight excluding hydrogens is 650 g/mol. The summed E-state index contributed by atoms with van der Waals surface area (Å²) in [5, 5.41) is 19.1. The van der Waals surface area contributed by atoms with Gasteiger partial charge in [0.25, 0.3) is 0 Å². The van der Waals surface area contributed by atoms with Gasteiger partial charge < -0.3 is 29.0 Å². The van der Waals surface area contributed by atoms with Crippen molar-refractivity contribution in [2.24, 2.45) is 0 Å². The van der Waals surface area contributed by atoms with E-state index in [-0.39, 0.29) is 13.2 Å². The Morgan fingerprint density at radius 2 is 1.15 bits per heavy atom. The second-order valence-corrected chi connectivity index (χ2v) is 13.5. The minimum Gasteiger partial charge on any atom is -0.489 e. The zero-order valence-corrected chi connectivity index (χ0v) is 30.7. The molecule has 0 fully saturated rings. The summed E-state index contributed by atoms with van der Waals surface area (Å²) in [6.45, 7) is 12.2. The van der Waals surface area contributed by atoms with Crippen LogP contribution < -0.4 is 14.2 Å². The van der Waals surface area contributed by atoms with Crippen molar-refractivity contribution < 1.29 is 29.2 Å². The van der Waals surface area contributed by atoms with Gasteiger partial charge in [0.1, 0.15) is 30.5 Å². The minimum atomic E-state index is -0.987. The lowest BCUT2D eigenvalue weighted by Crippen LogP contribution is -2.09. The third kappa shape index (κ3) is 10.0. The Kier molecular flexibility index (Phi) is 13.1. The summed E-state index contributed by atoms with van der Waals surface area (Å²) in [6, 6.07) is 40.4. The number of aromatic nitrogens is 1. The van der Waals surface area contributed by atoms with Gasteiger partial charge in [0, 0.05) is 17.6 Å². The number of hydrogen-bond acceptors (Lipinski definition) is 5. The molecule has 1 heterocycles. The van der Waals surface area contributed by atoms with E-state index >= 15 is 0 Å². The van der Waals surface area contributed by atoms with Crippen LogP contribution in [0.2, 0.25) is 0 Å². The molecule has 0 radical (unpaired) electrons. The van der Waals surface area contributed by atoms with Crippen LogP contribution >= 0.6 is 0 Å². The summed E-state index contributed by atoms with van der Waals surface area (Å²) in [4.78, 5) is 10.9. The molecule has 1 aromatic heterocycles. The highest BCUT2D eigenvalue weighted by Gasteiger charge is 2.15. The number of aryl methyl sites for hydroxylation is 1. The molecule has 0 spiro atoms. The number of rotatable bonds is 14. The fourth-order valence-electron chi connectivity index (χ4n) is 6.08. The zero-order valence-electron chi connectivity index (χ0n) is 30.7. The Labute approximate surface area is 307 Å². The Balaban J connectivity index is 0.000000233. The Hall–Kier alpha value is -5.53. The van der Waals surface area contributed by atoms with E-state index in [9.17, 15) is 9.90 Å². The minimum absolute atomic E-state index is 0.0681. The smallest absolute Gasteiger partial charge is 0.341 e. The van der Waals surface area contributed by atoms with Crippen LogP contribution in [0.1, 0.15) is 78.6 Å². The van der Waals surface area contributed by atoms with E-state index < -0.39 is 5.97 Å². The quantitative estimate of drug-likeness (QED) is 0.118. The van der Waals surface area contributed by atoms with Crippen molar-refractivity contribution in [2.45, 2.75) is 72.8 Å². The Bertz CT molecular complexity index is 2050. The van der Waals surface area contributed by atoms with Gasteiger partial charge in [-0.3, -0.25) is 0 Å². The normalized spacial score (nSPS) is 11.0. The van der Waals surface area contributed by atoms with Gasteiger partial charge in [-0.05, 0) is 88.5 Å². The summed E-state index contributed by atoms with van der Waals surface area (Å²) < 4.78 is 19.8. The summed E-state index contributed by atoms with van der Waals surface area (Å²) in [5.74, 6) is 2.11. The third-order valence-electron chi connectivity index (χ3n) is 8.85. The van der Waals surface area contributed by atoms with Crippen molar-refractivity contribution >= 4 is 16.9 Å². The SMILES string of the molecule is CC(C)c1cc(CO)ccc1OCc1ccccc1.Cc1cc2c(OCC(=O)O)cccc2n1Cc1ccc(OCc2ccccc2)c(C(C)C)c1. The number of fused-ring (bicyclic) bond motifs is 1. The number of ether oxygens (including phenoxy) is 3. The van der Waals surface area contributed by atoms with Crippen LogP contribution in [0.5, 0.6) is 17.2 Å². The van der Waals surface area contributed by atoms with Crippen molar-refractivity contribution in [1.29, 1.82) is 0 Å². The van der Waals surface area contributed by atoms with Gasteiger partial charge in [-0.25, -0.2) is 4.79 Å². The summed E-state index contributed by atoms with van der Waals surface area (Å²) in [7, 11) is 0. The number of carboxylic acid groups (broad SMARTS) is 1. The first-order valence-electron chi connectivity index (χ1n) is 17.8. The average molecular weight is 700 g/mol. The average Bonchev–Trinajstić information content (AvgIpc) is 3.48. The van der Waals surface area contributed by atoms with Crippen LogP contribution in [0.4, 0.5) is 0 Å². The fraction of sp³-hybridized carbons (Fsp3) is 0.267. The first kappa shape index (κ1) is 37.7. The number of benzene rings is 5. The van der Waals surface area contributed by atoms with E-state index in [4.69, 9.17) is 19.3 Å². The molecule has 0 aliphatic heterocycles. The summed E-state index contributed by atoms with van der Waals surface area (Å²) in [5.41, 5.74) is 8.84. The molecule has 0 aliphatic rings. The predicted octanol–water partition coefficient (Wildman–Crippen LogP) is 10.0. The summed E-state index contributed by atoms with van der Waals surface area (Å²) >= 11 is 0. The molecule has 0 aliphatic carbocycles. The van der Waals surface area contributed by atoms with Gasteiger partial charge in [-0.2, -0.15) is 0 Å².